The highest BCUT2D eigenvalue weighted by atomic mass is 32.2. The van der Waals surface area contributed by atoms with Crippen molar-refractivity contribution in [3.8, 4) is 0 Å². The van der Waals surface area contributed by atoms with Crippen molar-refractivity contribution in [1.29, 1.82) is 0 Å². The second-order valence-corrected chi connectivity index (χ2v) is 9.53. The number of rotatable bonds is 2. The molecule has 1 atom stereocenters. The first-order chi connectivity index (χ1) is 10.9. The van der Waals surface area contributed by atoms with Crippen LogP contribution in [-0.4, -0.2) is 31.7 Å². The highest BCUT2D eigenvalue weighted by molar-refractivity contribution is 7.91. The van der Waals surface area contributed by atoms with E-state index in [-0.39, 0.29) is 17.4 Å². The molecule has 1 aromatic rings. The molecule has 1 fully saturated rings. The molecule has 0 unspecified atom stereocenters. The van der Waals surface area contributed by atoms with Crippen LogP contribution in [0.15, 0.2) is 6.07 Å². The number of hydrazine groups is 1. The number of sulfone groups is 1. The van der Waals surface area contributed by atoms with Crippen LogP contribution in [0.4, 0.5) is 0 Å². The van der Waals surface area contributed by atoms with Crippen LogP contribution in [0.1, 0.15) is 45.8 Å². The number of amides is 2. The fourth-order valence-electron chi connectivity index (χ4n) is 3.06. The summed E-state index contributed by atoms with van der Waals surface area (Å²) >= 11 is 1.48. The minimum Gasteiger partial charge on any atom is -0.273 e. The summed E-state index contributed by atoms with van der Waals surface area (Å²) in [6, 6.07) is 1.91. The van der Waals surface area contributed by atoms with Gasteiger partial charge in [-0.25, -0.2) is 8.42 Å². The van der Waals surface area contributed by atoms with E-state index in [1.165, 1.54) is 28.2 Å². The van der Waals surface area contributed by atoms with Crippen LogP contribution in [0.3, 0.4) is 0 Å². The van der Waals surface area contributed by atoms with Crippen molar-refractivity contribution in [3.63, 3.8) is 0 Å². The van der Waals surface area contributed by atoms with E-state index in [9.17, 15) is 18.0 Å². The first kappa shape index (κ1) is 16.4. The Bertz CT molecular complexity index is 700. The van der Waals surface area contributed by atoms with E-state index >= 15 is 0 Å². The number of nitrogens with one attached hydrogen (secondary N) is 2. The number of thiophene rings is 1. The minimum atomic E-state index is -3.11. The topological polar surface area (TPSA) is 92.3 Å². The Morgan fingerprint density at radius 3 is 2.65 bits per heavy atom. The lowest BCUT2D eigenvalue weighted by Crippen LogP contribution is -2.44. The first-order valence-corrected chi connectivity index (χ1v) is 10.5. The Morgan fingerprint density at radius 2 is 1.91 bits per heavy atom. The zero-order chi connectivity index (χ0) is 16.4. The van der Waals surface area contributed by atoms with E-state index in [4.69, 9.17) is 0 Å². The summed E-state index contributed by atoms with van der Waals surface area (Å²) in [4.78, 5) is 25.9. The third-order valence-corrected chi connectivity index (χ3v) is 7.38. The van der Waals surface area contributed by atoms with Crippen LogP contribution < -0.4 is 10.9 Å². The average molecular weight is 356 g/mol. The van der Waals surface area contributed by atoms with Gasteiger partial charge in [-0.1, -0.05) is 6.42 Å². The van der Waals surface area contributed by atoms with Crippen LogP contribution >= 0.6 is 11.3 Å². The van der Waals surface area contributed by atoms with E-state index in [0.717, 1.165) is 25.7 Å². The lowest BCUT2D eigenvalue weighted by Gasteiger charge is -2.09. The number of hydrogen-bond donors (Lipinski definition) is 2. The molecule has 0 bridgehead atoms. The molecular formula is C15H20N2O4S2. The second-order valence-electron chi connectivity index (χ2n) is 6.16. The predicted molar refractivity (Wildman–Crippen MR) is 87.9 cm³/mol. The maximum Gasteiger partial charge on any atom is 0.279 e. The number of fused-ring (bicyclic) bond motifs is 1. The third kappa shape index (κ3) is 3.92. The van der Waals surface area contributed by atoms with Crippen molar-refractivity contribution in [2.45, 2.75) is 38.5 Å². The Morgan fingerprint density at radius 1 is 1.13 bits per heavy atom. The van der Waals surface area contributed by atoms with Crippen LogP contribution in [-0.2, 0) is 27.5 Å². The molecule has 0 saturated carbocycles. The van der Waals surface area contributed by atoms with Gasteiger partial charge >= 0.3 is 0 Å². The highest BCUT2D eigenvalue weighted by Gasteiger charge is 2.33. The molecule has 1 saturated heterocycles. The fourth-order valence-corrected chi connectivity index (χ4v) is 5.95. The van der Waals surface area contributed by atoms with Gasteiger partial charge in [0.1, 0.15) is 0 Å². The SMILES string of the molecule is O=C(NNC(=O)[C@H]1CCS(=O)(=O)C1)c1cc2c(s1)CCCCC2. The van der Waals surface area contributed by atoms with Crippen molar-refractivity contribution >= 4 is 33.0 Å². The fraction of sp³-hybridized carbons (Fsp3) is 0.600. The predicted octanol–water partition coefficient (Wildman–Crippen LogP) is 1.21. The second kappa shape index (κ2) is 6.60. The zero-order valence-corrected chi connectivity index (χ0v) is 14.4. The maximum atomic E-state index is 12.2. The number of carbonyl (C=O) groups excluding carboxylic acids is 2. The molecule has 1 aliphatic heterocycles. The monoisotopic (exact) mass is 356 g/mol. The van der Waals surface area contributed by atoms with Gasteiger partial charge < -0.3 is 0 Å². The molecule has 0 aromatic carbocycles. The van der Waals surface area contributed by atoms with Crippen molar-refractivity contribution in [2.24, 2.45) is 5.92 Å². The van der Waals surface area contributed by atoms with Gasteiger partial charge in [0.05, 0.1) is 22.3 Å². The Labute approximate surface area is 139 Å². The lowest BCUT2D eigenvalue weighted by molar-refractivity contribution is -0.125. The van der Waals surface area contributed by atoms with Crippen molar-refractivity contribution in [3.05, 3.63) is 21.4 Å². The molecular weight excluding hydrogens is 336 g/mol. The first-order valence-electron chi connectivity index (χ1n) is 7.87. The quantitative estimate of drug-likeness (QED) is 0.615. The van der Waals surface area contributed by atoms with E-state index in [0.29, 0.717) is 11.3 Å². The molecule has 6 nitrogen and oxygen atoms in total. The number of aryl methyl sites for hydroxylation is 2. The molecule has 1 aliphatic carbocycles. The van der Waals surface area contributed by atoms with Gasteiger partial charge in [-0.2, -0.15) is 0 Å². The zero-order valence-electron chi connectivity index (χ0n) is 12.8. The van der Waals surface area contributed by atoms with Crippen molar-refractivity contribution in [1.82, 2.24) is 10.9 Å². The summed E-state index contributed by atoms with van der Waals surface area (Å²) in [6.07, 6.45) is 5.87. The summed E-state index contributed by atoms with van der Waals surface area (Å²) in [6.45, 7) is 0. The van der Waals surface area contributed by atoms with E-state index in [2.05, 4.69) is 10.9 Å². The summed E-state index contributed by atoms with van der Waals surface area (Å²) in [5, 5.41) is 0. The standard InChI is InChI=1S/C15H20N2O4S2/c18-14(11-6-7-23(20,21)9-11)16-17-15(19)13-8-10-4-2-1-3-5-12(10)22-13/h8,11H,1-7,9H2,(H,16,18)(H,17,19)/t11-/m0/s1. The lowest BCUT2D eigenvalue weighted by atomic mass is 10.1. The maximum absolute atomic E-state index is 12.2. The molecule has 1 aromatic heterocycles. The van der Waals surface area contributed by atoms with Gasteiger partial charge in [0.2, 0.25) is 5.91 Å². The molecule has 0 radical (unpaired) electrons. The van der Waals surface area contributed by atoms with E-state index < -0.39 is 21.7 Å². The van der Waals surface area contributed by atoms with Crippen LogP contribution in [0.25, 0.3) is 0 Å². The minimum absolute atomic E-state index is 0.0384. The summed E-state index contributed by atoms with van der Waals surface area (Å²) in [5.74, 6) is -1.44. The van der Waals surface area contributed by atoms with Gasteiger partial charge in [-0.3, -0.25) is 20.4 Å². The van der Waals surface area contributed by atoms with Crippen LogP contribution in [0.2, 0.25) is 0 Å². The van der Waals surface area contributed by atoms with Gasteiger partial charge in [0, 0.05) is 4.88 Å². The third-order valence-electron chi connectivity index (χ3n) is 4.37. The number of hydrogen-bond acceptors (Lipinski definition) is 5. The van der Waals surface area contributed by atoms with Crippen molar-refractivity contribution < 1.29 is 18.0 Å². The molecule has 2 aliphatic rings. The Hall–Kier alpha value is -1.41. The highest BCUT2D eigenvalue weighted by Crippen LogP contribution is 2.28. The summed E-state index contributed by atoms with van der Waals surface area (Å²) in [5.41, 5.74) is 6.00. The molecule has 3 rings (SSSR count). The average Bonchev–Trinajstić information content (AvgIpc) is 3.01. The van der Waals surface area contributed by atoms with Gasteiger partial charge in [-0.05, 0) is 43.7 Å². The largest absolute Gasteiger partial charge is 0.279 e. The van der Waals surface area contributed by atoms with Crippen LogP contribution in [0, 0.1) is 5.92 Å². The molecule has 2 N–H and O–H groups in total. The molecule has 23 heavy (non-hydrogen) atoms. The molecule has 8 heteroatoms. The number of carbonyl (C=O) groups is 2. The van der Waals surface area contributed by atoms with E-state index in [1.807, 2.05) is 6.07 Å². The van der Waals surface area contributed by atoms with Crippen molar-refractivity contribution in [2.75, 3.05) is 11.5 Å². The molecule has 2 heterocycles. The summed E-state index contributed by atoms with van der Waals surface area (Å²) in [7, 11) is -3.11. The molecule has 2 amide bonds. The van der Waals surface area contributed by atoms with Gasteiger partial charge in [-0.15, -0.1) is 11.3 Å². The van der Waals surface area contributed by atoms with E-state index in [1.54, 1.807) is 0 Å². The summed E-state index contributed by atoms with van der Waals surface area (Å²) < 4.78 is 22.8. The molecule has 126 valence electrons. The molecule has 0 spiro atoms. The van der Waals surface area contributed by atoms with Gasteiger partial charge in [0.15, 0.2) is 9.84 Å². The van der Waals surface area contributed by atoms with Crippen LogP contribution in [0.5, 0.6) is 0 Å². The van der Waals surface area contributed by atoms with Gasteiger partial charge in [0.25, 0.3) is 5.91 Å². The smallest absolute Gasteiger partial charge is 0.273 e. The Balaban J connectivity index is 1.56. The Kier molecular flexibility index (Phi) is 4.72. The normalized spacial score (nSPS) is 22.9.